The molecule has 0 aromatic heterocycles. The SMILES string of the molecule is C=CCOC(=O)[C@@H]1[C@H]2C(=O)N([C@@H](CO)C(C)C)C(C(=O)N(CC=C)C(C)(C)C)C23CC(C)[C@@]1(C)O3. The second-order valence-electron chi connectivity index (χ2n) is 11.8. The van der Waals surface area contributed by atoms with Crippen molar-refractivity contribution < 1.29 is 29.0 Å². The summed E-state index contributed by atoms with van der Waals surface area (Å²) in [6, 6.07) is -1.57. The van der Waals surface area contributed by atoms with E-state index in [0.717, 1.165) is 0 Å². The summed E-state index contributed by atoms with van der Waals surface area (Å²) in [6.07, 6.45) is 3.61. The molecule has 0 aromatic rings. The lowest BCUT2D eigenvalue weighted by Gasteiger charge is -2.44. The molecular weight excluding hydrogens is 448 g/mol. The molecule has 0 aliphatic carbocycles. The standard InChI is InChI=1S/C27H42N2O6/c1-10-12-28(25(6,7)8)23(32)21-27-14-17(5)26(9,35-27)20(24(33)34-13-11-2)19(27)22(31)29(21)18(15-30)16(3)4/h10-11,16-21,30H,1-2,12-15H2,3-9H3/t17?,18-,19-,20-,21?,26+,27?/m0/s1. The Morgan fingerprint density at radius 1 is 1.31 bits per heavy atom. The summed E-state index contributed by atoms with van der Waals surface area (Å²) in [7, 11) is 0. The maximum Gasteiger partial charge on any atom is 0.313 e. The van der Waals surface area contributed by atoms with Gasteiger partial charge in [-0.05, 0) is 46.0 Å². The summed E-state index contributed by atoms with van der Waals surface area (Å²) in [5.41, 5.74) is -2.68. The number of aliphatic hydroxyl groups is 1. The topological polar surface area (TPSA) is 96.4 Å². The minimum Gasteiger partial charge on any atom is -0.461 e. The number of rotatable bonds is 9. The van der Waals surface area contributed by atoms with Crippen LogP contribution in [0.25, 0.3) is 0 Å². The van der Waals surface area contributed by atoms with E-state index in [1.165, 1.54) is 11.0 Å². The Hall–Kier alpha value is -2.19. The van der Waals surface area contributed by atoms with Gasteiger partial charge in [0.2, 0.25) is 11.8 Å². The number of carbonyl (C=O) groups is 3. The van der Waals surface area contributed by atoms with Crippen LogP contribution in [0.15, 0.2) is 25.3 Å². The number of aliphatic hydroxyl groups excluding tert-OH is 1. The van der Waals surface area contributed by atoms with Crippen LogP contribution in [0.2, 0.25) is 0 Å². The Labute approximate surface area is 209 Å². The van der Waals surface area contributed by atoms with E-state index in [0.29, 0.717) is 13.0 Å². The summed E-state index contributed by atoms with van der Waals surface area (Å²) in [5, 5.41) is 10.3. The largest absolute Gasteiger partial charge is 0.461 e. The minimum atomic E-state index is -1.19. The normalized spacial score (nSPS) is 34.7. The van der Waals surface area contributed by atoms with Gasteiger partial charge in [-0.3, -0.25) is 14.4 Å². The molecule has 3 unspecified atom stereocenters. The molecule has 0 saturated carbocycles. The molecule has 3 heterocycles. The van der Waals surface area contributed by atoms with Crippen LogP contribution in [0.4, 0.5) is 0 Å². The lowest BCUT2D eigenvalue weighted by molar-refractivity contribution is -0.164. The molecule has 0 aromatic carbocycles. The van der Waals surface area contributed by atoms with Crippen LogP contribution in [-0.2, 0) is 23.9 Å². The fourth-order valence-electron chi connectivity index (χ4n) is 6.49. The minimum absolute atomic E-state index is 0.0299. The van der Waals surface area contributed by atoms with Crippen molar-refractivity contribution in [3.05, 3.63) is 25.3 Å². The molecule has 3 fully saturated rings. The predicted molar refractivity (Wildman–Crippen MR) is 132 cm³/mol. The van der Waals surface area contributed by atoms with Gasteiger partial charge in [-0.1, -0.05) is 39.5 Å². The number of carbonyl (C=O) groups excluding carboxylic acids is 3. The van der Waals surface area contributed by atoms with Gasteiger partial charge in [0.1, 0.15) is 24.2 Å². The fraction of sp³-hybridized carbons (Fsp3) is 0.741. The van der Waals surface area contributed by atoms with Crippen molar-refractivity contribution in [2.45, 2.75) is 83.7 Å². The van der Waals surface area contributed by atoms with Crippen LogP contribution in [-0.4, -0.2) is 81.3 Å². The predicted octanol–water partition coefficient (Wildman–Crippen LogP) is 2.56. The third kappa shape index (κ3) is 4.02. The number of hydrogen-bond acceptors (Lipinski definition) is 6. The molecule has 1 spiro atoms. The van der Waals surface area contributed by atoms with Crippen LogP contribution in [0.1, 0.15) is 54.9 Å². The molecule has 1 N–H and O–H groups in total. The second-order valence-corrected chi connectivity index (χ2v) is 11.8. The monoisotopic (exact) mass is 490 g/mol. The van der Waals surface area contributed by atoms with Crippen molar-refractivity contribution in [2.24, 2.45) is 23.7 Å². The van der Waals surface area contributed by atoms with Crippen molar-refractivity contribution in [1.29, 1.82) is 0 Å². The van der Waals surface area contributed by atoms with E-state index in [1.807, 2.05) is 48.5 Å². The van der Waals surface area contributed by atoms with Crippen molar-refractivity contribution in [2.75, 3.05) is 19.8 Å². The molecule has 2 amide bonds. The maximum absolute atomic E-state index is 14.4. The number of ether oxygens (including phenoxy) is 2. The van der Waals surface area contributed by atoms with Crippen LogP contribution >= 0.6 is 0 Å². The van der Waals surface area contributed by atoms with Crippen molar-refractivity contribution in [1.82, 2.24) is 9.80 Å². The molecule has 3 saturated heterocycles. The first kappa shape index (κ1) is 27.4. The van der Waals surface area contributed by atoms with E-state index in [9.17, 15) is 19.5 Å². The van der Waals surface area contributed by atoms with Crippen molar-refractivity contribution in [3.8, 4) is 0 Å². The zero-order chi connectivity index (χ0) is 26.5. The molecule has 3 aliphatic heterocycles. The Morgan fingerprint density at radius 3 is 2.43 bits per heavy atom. The summed E-state index contributed by atoms with van der Waals surface area (Å²) < 4.78 is 12.1. The van der Waals surface area contributed by atoms with Crippen LogP contribution < -0.4 is 0 Å². The van der Waals surface area contributed by atoms with Gasteiger partial charge in [-0.25, -0.2) is 0 Å². The van der Waals surface area contributed by atoms with E-state index in [-0.39, 0.29) is 36.9 Å². The number of fused-ring (bicyclic) bond motifs is 1. The Morgan fingerprint density at radius 2 is 1.94 bits per heavy atom. The lowest BCUT2D eigenvalue weighted by Crippen LogP contribution is -2.62. The van der Waals surface area contributed by atoms with Gasteiger partial charge in [-0.15, -0.1) is 6.58 Å². The fourth-order valence-corrected chi connectivity index (χ4v) is 6.49. The van der Waals surface area contributed by atoms with Gasteiger partial charge in [0.05, 0.1) is 24.2 Å². The first-order valence-electron chi connectivity index (χ1n) is 12.6. The zero-order valence-electron chi connectivity index (χ0n) is 22.2. The number of nitrogens with zero attached hydrogens (tertiary/aromatic N) is 2. The molecule has 8 heteroatoms. The highest BCUT2D eigenvalue weighted by Crippen LogP contribution is 2.66. The van der Waals surface area contributed by atoms with Crippen molar-refractivity contribution in [3.63, 3.8) is 0 Å². The summed E-state index contributed by atoms with van der Waals surface area (Å²) in [4.78, 5) is 45.1. The van der Waals surface area contributed by atoms with Gasteiger partial charge in [0.15, 0.2) is 0 Å². The molecule has 0 radical (unpaired) electrons. The van der Waals surface area contributed by atoms with Crippen LogP contribution in [0.5, 0.6) is 0 Å². The average Bonchev–Trinajstić information content (AvgIpc) is 3.27. The highest BCUT2D eigenvalue weighted by molar-refractivity contribution is 5.99. The van der Waals surface area contributed by atoms with Gasteiger partial charge in [0, 0.05) is 12.1 Å². The van der Waals surface area contributed by atoms with E-state index >= 15 is 0 Å². The number of amides is 2. The van der Waals surface area contributed by atoms with Gasteiger partial charge in [-0.2, -0.15) is 0 Å². The smallest absolute Gasteiger partial charge is 0.313 e. The number of hydrogen-bond donors (Lipinski definition) is 1. The molecule has 7 atom stereocenters. The van der Waals surface area contributed by atoms with Crippen LogP contribution in [0, 0.1) is 23.7 Å². The molecule has 2 bridgehead atoms. The van der Waals surface area contributed by atoms with E-state index in [4.69, 9.17) is 9.47 Å². The lowest BCUT2D eigenvalue weighted by atomic mass is 9.62. The molecule has 196 valence electrons. The average molecular weight is 491 g/mol. The summed E-state index contributed by atoms with van der Waals surface area (Å²) >= 11 is 0. The van der Waals surface area contributed by atoms with E-state index in [2.05, 4.69) is 13.2 Å². The molecule has 8 nitrogen and oxygen atoms in total. The highest BCUT2D eigenvalue weighted by atomic mass is 16.6. The quantitative estimate of drug-likeness (QED) is 0.394. The molecule has 3 aliphatic rings. The Bertz CT molecular complexity index is 895. The maximum atomic E-state index is 14.4. The first-order chi connectivity index (χ1) is 16.2. The highest BCUT2D eigenvalue weighted by Gasteiger charge is 2.81. The summed E-state index contributed by atoms with van der Waals surface area (Å²) in [5.74, 6) is -3.04. The van der Waals surface area contributed by atoms with Gasteiger partial charge < -0.3 is 24.4 Å². The molecule has 35 heavy (non-hydrogen) atoms. The second kappa shape index (κ2) is 9.36. The number of likely N-dealkylation sites (tertiary alicyclic amines) is 1. The Kier molecular flexibility index (Phi) is 7.32. The third-order valence-electron chi connectivity index (χ3n) is 8.29. The number of esters is 1. The van der Waals surface area contributed by atoms with Crippen molar-refractivity contribution >= 4 is 17.8 Å². The van der Waals surface area contributed by atoms with Crippen LogP contribution in [0.3, 0.4) is 0 Å². The zero-order valence-corrected chi connectivity index (χ0v) is 22.2. The molecular formula is C27H42N2O6. The van der Waals surface area contributed by atoms with Gasteiger partial charge >= 0.3 is 5.97 Å². The Balaban J connectivity index is 2.21. The first-order valence-corrected chi connectivity index (χ1v) is 12.6. The summed E-state index contributed by atoms with van der Waals surface area (Å²) in [6.45, 7) is 20.9. The third-order valence-corrected chi connectivity index (χ3v) is 8.29. The van der Waals surface area contributed by atoms with Gasteiger partial charge in [0.25, 0.3) is 0 Å². The van der Waals surface area contributed by atoms with E-state index < -0.39 is 46.6 Å². The van der Waals surface area contributed by atoms with E-state index in [1.54, 1.807) is 11.0 Å². The molecule has 3 rings (SSSR count).